The normalized spacial score (nSPS) is 10.1. The molecule has 1 aromatic heterocycles. The molecular formula is C14H12FNO4. The number of hydrogen-bond donors (Lipinski definition) is 1. The van der Waals surface area contributed by atoms with E-state index < -0.39 is 11.8 Å². The first kappa shape index (κ1) is 13.8. The third-order valence-electron chi connectivity index (χ3n) is 2.60. The Kier molecular flexibility index (Phi) is 4.14. The van der Waals surface area contributed by atoms with E-state index in [2.05, 4.69) is 4.98 Å². The summed E-state index contributed by atoms with van der Waals surface area (Å²) in [5, 5.41) is 9.02. The molecule has 0 saturated carbocycles. The molecule has 0 aliphatic heterocycles. The molecule has 20 heavy (non-hydrogen) atoms. The van der Waals surface area contributed by atoms with E-state index in [0.717, 1.165) is 18.2 Å². The highest BCUT2D eigenvalue weighted by atomic mass is 19.1. The lowest BCUT2D eigenvalue weighted by Crippen LogP contribution is -2.05. The molecule has 2 aromatic rings. The minimum absolute atomic E-state index is 0.0285. The number of aromatic nitrogens is 1. The van der Waals surface area contributed by atoms with Crippen molar-refractivity contribution >= 4 is 5.97 Å². The van der Waals surface area contributed by atoms with Crippen LogP contribution in [0.2, 0.25) is 0 Å². The standard InChI is InChI=1S/C14H12FNO4/c1-19-13-9(3-2-6-16-13)8-20-12-7-10(15)4-5-11(12)14(17)18/h2-7H,8H2,1H3,(H,17,18). The van der Waals surface area contributed by atoms with Crippen molar-refractivity contribution in [3.8, 4) is 11.6 Å². The van der Waals surface area contributed by atoms with E-state index in [4.69, 9.17) is 14.6 Å². The first-order valence-corrected chi connectivity index (χ1v) is 5.75. The van der Waals surface area contributed by atoms with Gasteiger partial charge in [-0.3, -0.25) is 0 Å². The fourth-order valence-corrected chi connectivity index (χ4v) is 1.67. The maximum absolute atomic E-state index is 13.2. The fraction of sp³-hybridized carbons (Fsp3) is 0.143. The molecule has 1 aromatic carbocycles. The van der Waals surface area contributed by atoms with Gasteiger partial charge in [-0.15, -0.1) is 0 Å². The summed E-state index contributed by atoms with van der Waals surface area (Å²) in [5.41, 5.74) is 0.532. The largest absolute Gasteiger partial charge is 0.488 e. The summed E-state index contributed by atoms with van der Waals surface area (Å²) < 4.78 is 23.6. The molecule has 0 radical (unpaired) electrons. The van der Waals surface area contributed by atoms with Gasteiger partial charge in [0.05, 0.1) is 12.7 Å². The molecule has 0 unspecified atom stereocenters. The van der Waals surface area contributed by atoms with E-state index in [0.29, 0.717) is 11.4 Å². The number of carboxylic acids is 1. The van der Waals surface area contributed by atoms with Crippen LogP contribution in [0.25, 0.3) is 0 Å². The third kappa shape index (κ3) is 3.03. The van der Waals surface area contributed by atoms with Crippen LogP contribution < -0.4 is 9.47 Å². The van der Waals surface area contributed by atoms with Crippen LogP contribution in [-0.2, 0) is 6.61 Å². The molecule has 0 amide bonds. The molecule has 104 valence electrons. The molecule has 0 spiro atoms. The predicted octanol–water partition coefficient (Wildman–Crippen LogP) is 2.51. The van der Waals surface area contributed by atoms with E-state index in [1.165, 1.54) is 7.11 Å². The van der Waals surface area contributed by atoms with E-state index in [1.807, 2.05) is 0 Å². The zero-order chi connectivity index (χ0) is 14.5. The van der Waals surface area contributed by atoms with Crippen molar-refractivity contribution in [2.45, 2.75) is 6.61 Å². The van der Waals surface area contributed by atoms with Gasteiger partial charge >= 0.3 is 5.97 Å². The van der Waals surface area contributed by atoms with Crippen LogP contribution in [0.3, 0.4) is 0 Å². The number of pyridine rings is 1. The third-order valence-corrected chi connectivity index (χ3v) is 2.60. The van der Waals surface area contributed by atoms with Crippen molar-refractivity contribution in [2.75, 3.05) is 7.11 Å². The number of benzene rings is 1. The lowest BCUT2D eigenvalue weighted by molar-refractivity contribution is 0.0691. The first-order chi connectivity index (χ1) is 9.61. The molecule has 2 rings (SSSR count). The van der Waals surface area contributed by atoms with Crippen LogP contribution in [-0.4, -0.2) is 23.2 Å². The molecule has 0 saturated heterocycles. The Labute approximate surface area is 114 Å². The van der Waals surface area contributed by atoms with Gasteiger partial charge in [0, 0.05) is 12.3 Å². The molecule has 5 nitrogen and oxygen atoms in total. The molecule has 0 fully saturated rings. The van der Waals surface area contributed by atoms with E-state index in [9.17, 15) is 9.18 Å². The second-order valence-electron chi connectivity index (χ2n) is 3.91. The fourth-order valence-electron chi connectivity index (χ4n) is 1.67. The smallest absolute Gasteiger partial charge is 0.339 e. The summed E-state index contributed by atoms with van der Waals surface area (Å²) in [6.45, 7) is 0.0285. The molecule has 6 heteroatoms. The lowest BCUT2D eigenvalue weighted by atomic mass is 10.2. The van der Waals surface area contributed by atoms with Gasteiger partial charge in [0.1, 0.15) is 23.7 Å². The Bertz CT molecular complexity index is 630. The van der Waals surface area contributed by atoms with Gasteiger partial charge in [0.25, 0.3) is 0 Å². The molecule has 1 heterocycles. The molecule has 0 aliphatic rings. The summed E-state index contributed by atoms with van der Waals surface area (Å²) in [6.07, 6.45) is 1.56. The second kappa shape index (κ2) is 6.01. The Morgan fingerprint density at radius 3 is 2.90 bits per heavy atom. The summed E-state index contributed by atoms with van der Waals surface area (Å²) in [6, 6.07) is 6.69. The predicted molar refractivity (Wildman–Crippen MR) is 68.5 cm³/mol. The lowest BCUT2D eigenvalue weighted by Gasteiger charge is -2.11. The minimum atomic E-state index is -1.18. The molecular weight excluding hydrogens is 265 g/mol. The van der Waals surface area contributed by atoms with Crippen molar-refractivity contribution < 1.29 is 23.8 Å². The van der Waals surface area contributed by atoms with E-state index >= 15 is 0 Å². The van der Waals surface area contributed by atoms with Crippen LogP contribution in [0, 0.1) is 5.82 Å². The zero-order valence-corrected chi connectivity index (χ0v) is 10.7. The monoisotopic (exact) mass is 277 g/mol. The average molecular weight is 277 g/mol. The number of hydrogen-bond acceptors (Lipinski definition) is 4. The quantitative estimate of drug-likeness (QED) is 0.909. The van der Waals surface area contributed by atoms with Crippen molar-refractivity contribution in [3.05, 3.63) is 53.5 Å². The van der Waals surface area contributed by atoms with Gasteiger partial charge < -0.3 is 14.6 Å². The van der Waals surface area contributed by atoms with Gasteiger partial charge in [0.2, 0.25) is 5.88 Å². The Morgan fingerprint density at radius 2 is 2.20 bits per heavy atom. The topological polar surface area (TPSA) is 68.7 Å². The van der Waals surface area contributed by atoms with Crippen LogP contribution in [0.15, 0.2) is 36.5 Å². The minimum Gasteiger partial charge on any atom is -0.488 e. The highest BCUT2D eigenvalue weighted by Gasteiger charge is 2.13. The van der Waals surface area contributed by atoms with Crippen molar-refractivity contribution in [1.82, 2.24) is 4.98 Å². The molecule has 0 bridgehead atoms. The number of ether oxygens (including phenoxy) is 2. The number of nitrogens with zero attached hydrogens (tertiary/aromatic N) is 1. The van der Waals surface area contributed by atoms with Crippen molar-refractivity contribution in [2.24, 2.45) is 0 Å². The van der Waals surface area contributed by atoms with Gasteiger partial charge in [-0.1, -0.05) is 0 Å². The van der Waals surface area contributed by atoms with Crippen LogP contribution in [0.5, 0.6) is 11.6 Å². The second-order valence-corrected chi connectivity index (χ2v) is 3.91. The Hall–Kier alpha value is -2.63. The summed E-state index contributed by atoms with van der Waals surface area (Å²) in [5.74, 6) is -1.41. The van der Waals surface area contributed by atoms with Crippen LogP contribution in [0.4, 0.5) is 4.39 Å². The molecule has 0 atom stereocenters. The van der Waals surface area contributed by atoms with E-state index in [1.54, 1.807) is 18.3 Å². The highest BCUT2D eigenvalue weighted by molar-refractivity contribution is 5.90. The Morgan fingerprint density at radius 1 is 1.40 bits per heavy atom. The van der Waals surface area contributed by atoms with Crippen molar-refractivity contribution in [3.63, 3.8) is 0 Å². The number of rotatable bonds is 5. The number of carbonyl (C=O) groups is 1. The van der Waals surface area contributed by atoms with Gasteiger partial charge in [-0.25, -0.2) is 14.2 Å². The van der Waals surface area contributed by atoms with Gasteiger partial charge in [-0.05, 0) is 24.3 Å². The Balaban J connectivity index is 2.22. The number of halogens is 1. The summed E-state index contributed by atoms with van der Waals surface area (Å²) >= 11 is 0. The molecule has 1 N–H and O–H groups in total. The summed E-state index contributed by atoms with van der Waals surface area (Å²) in [4.78, 5) is 15.0. The SMILES string of the molecule is COc1ncccc1COc1cc(F)ccc1C(=O)O. The number of carboxylic acid groups (broad SMARTS) is 1. The first-order valence-electron chi connectivity index (χ1n) is 5.75. The molecule has 0 aliphatic carbocycles. The number of methoxy groups -OCH3 is 1. The van der Waals surface area contributed by atoms with Crippen LogP contribution in [0.1, 0.15) is 15.9 Å². The van der Waals surface area contributed by atoms with Gasteiger partial charge in [-0.2, -0.15) is 0 Å². The van der Waals surface area contributed by atoms with Crippen LogP contribution >= 0.6 is 0 Å². The van der Waals surface area contributed by atoms with Gasteiger partial charge in [0.15, 0.2) is 0 Å². The maximum Gasteiger partial charge on any atom is 0.339 e. The highest BCUT2D eigenvalue weighted by Crippen LogP contribution is 2.23. The maximum atomic E-state index is 13.2. The van der Waals surface area contributed by atoms with Crippen molar-refractivity contribution in [1.29, 1.82) is 0 Å². The number of aromatic carboxylic acids is 1. The summed E-state index contributed by atoms with van der Waals surface area (Å²) in [7, 11) is 1.47. The van der Waals surface area contributed by atoms with E-state index in [-0.39, 0.29) is 17.9 Å². The average Bonchev–Trinajstić information content (AvgIpc) is 2.45. The zero-order valence-electron chi connectivity index (χ0n) is 10.7.